The van der Waals surface area contributed by atoms with Gasteiger partial charge in [0.2, 0.25) is 0 Å². The van der Waals surface area contributed by atoms with E-state index in [4.69, 9.17) is 9.84 Å². The lowest BCUT2D eigenvalue weighted by Gasteiger charge is -2.14. The number of ketones is 1. The number of carboxylic acid groups (broad SMARTS) is 1. The predicted molar refractivity (Wildman–Crippen MR) is 91.1 cm³/mol. The molecule has 1 aliphatic rings. The van der Waals surface area contributed by atoms with Gasteiger partial charge in [-0.05, 0) is 49.1 Å². The molecule has 0 atom stereocenters. The maximum absolute atomic E-state index is 13.2. The molecular formula is C20H20O4. The summed E-state index contributed by atoms with van der Waals surface area (Å²) in [6, 6.07) is 7.48. The summed E-state index contributed by atoms with van der Waals surface area (Å²) < 4.78 is 5.67. The van der Waals surface area contributed by atoms with E-state index in [0.29, 0.717) is 35.5 Å². The molecule has 3 rings (SSSR count). The van der Waals surface area contributed by atoms with Crippen LogP contribution in [0.3, 0.4) is 0 Å². The summed E-state index contributed by atoms with van der Waals surface area (Å²) in [5, 5.41) is 9.06. The van der Waals surface area contributed by atoms with Crippen molar-refractivity contribution in [2.24, 2.45) is 0 Å². The standard InChI is InChI=1S/C20H20O4/c1-11-6-12(2)18(13(3)7-11)19(23)16-9-14(10-17(21)22)8-15-4-5-24-20(15)16/h6-9H,4-5,10H2,1-3H3,(H,21,22). The fourth-order valence-electron chi connectivity index (χ4n) is 3.49. The summed E-state index contributed by atoms with van der Waals surface area (Å²) in [5.41, 5.74) is 5.66. The number of aryl methyl sites for hydroxylation is 3. The van der Waals surface area contributed by atoms with E-state index < -0.39 is 5.97 Å². The first-order valence-electron chi connectivity index (χ1n) is 7.99. The number of aliphatic carboxylic acids is 1. The minimum Gasteiger partial charge on any atom is -0.492 e. The number of ether oxygens (including phenoxy) is 1. The molecule has 0 aliphatic carbocycles. The SMILES string of the molecule is Cc1cc(C)c(C(=O)c2cc(CC(=O)O)cc3c2OCC3)c(C)c1. The predicted octanol–water partition coefficient (Wildman–Crippen LogP) is 3.40. The van der Waals surface area contributed by atoms with E-state index >= 15 is 0 Å². The Kier molecular flexibility index (Phi) is 4.14. The maximum Gasteiger partial charge on any atom is 0.307 e. The Morgan fingerprint density at radius 1 is 1.08 bits per heavy atom. The van der Waals surface area contributed by atoms with E-state index in [2.05, 4.69) is 0 Å². The molecule has 0 aromatic heterocycles. The van der Waals surface area contributed by atoms with Crippen molar-refractivity contribution >= 4 is 11.8 Å². The van der Waals surface area contributed by atoms with Gasteiger partial charge in [0, 0.05) is 12.0 Å². The summed E-state index contributed by atoms with van der Waals surface area (Å²) >= 11 is 0. The van der Waals surface area contributed by atoms with E-state index in [1.165, 1.54) is 0 Å². The highest BCUT2D eigenvalue weighted by molar-refractivity contribution is 6.13. The van der Waals surface area contributed by atoms with Crippen molar-refractivity contribution in [3.63, 3.8) is 0 Å². The Hall–Kier alpha value is -2.62. The molecule has 2 aromatic rings. The molecule has 1 aliphatic heterocycles. The first kappa shape index (κ1) is 16.2. The molecule has 4 heteroatoms. The molecular weight excluding hydrogens is 304 g/mol. The zero-order valence-corrected chi connectivity index (χ0v) is 14.1. The lowest BCUT2D eigenvalue weighted by molar-refractivity contribution is -0.136. The number of benzene rings is 2. The van der Waals surface area contributed by atoms with Gasteiger partial charge in [-0.2, -0.15) is 0 Å². The maximum atomic E-state index is 13.2. The van der Waals surface area contributed by atoms with Crippen LogP contribution in [0.2, 0.25) is 0 Å². The van der Waals surface area contributed by atoms with Crippen LogP contribution >= 0.6 is 0 Å². The summed E-state index contributed by atoms with van der Waals surface area (Å²) in [4.78, 5) is 24.2. The van der Waals surface area contributed by atoms with E-state index in [1.54, 1.807) is 6.07 Å². The lowest BCUT2D eigenvalue weighted by Crippen LogP contribution is -2.10. The van der Waals surface area contributed by atoms with Crippen LogP contribution < -0.4 is 4.74 Å². The van der Waals surface area contributed by atoms with Gasteiger partial charge in [-0.1, -0.05) is 23.8 Å². The molecule has 124 valence electrons. The van der Waals surface area contributed by atoms with Crippen molar-refractivity contribution in [2.45, 2.75) is 33.6 Å². The van der Waals surface area contributed by atoms with Gasteiger partial charge in [0.1, 0.15) is 5.75 Å². The zero-order chi connectivity index (χ0) is 17.4. The van der Waals surface area contributed by atoms with Crippen molar-refractivity contribution in [2.75, 3.05) is 6.61 Å². The highest BCUT2D eigenvalue weighted by Crippen LogP contribution is 2.34. The Bertz CT molecular complexity index is 826. The number of rotatable bonds is 4. The van der Waals surface area contributed by atoms with E-state index in [-0.39, 0.29) is 12.2 Å². The van der Waals surface area contributed by atoms with Gasteiger partial charge in [0.25, 0.3) is 0 Å². The number of hydrogen-bond donors (Lipinski definition) is 1. The summed E-state index contributed by atoms with van der Waals surface area (Å²) in [7, 11) is 0. The van der Waals surface area contributed by atoms with Gasteiger partial charge in [-0.3, -0.25) is 9.59 Å². The number of carbonyl (C=O) groups is 2. The Labute approximate surface area is 141 Å². The smallest absolute Gasteiger partial charge is 0.307 e. The number of fused-ring (bicyclic) bond motifs is 1. The van der Waals surface area contributed by atoms with Crippen molar-refractivity contribution in [3.05, 3.63) is 63.2 Å². The largest absolute Gasteiger partial charge is 0.492 e. The van der Waals surface area contributed by atoms with Crippen LogP contribution in [-0.2, 0) is 17.6 Å². The number of carboxylic acids is 1. The summed E-state index contributed by atoms with van der Waals surface area (Å²) in [6.07, 6.45) is 0.606. The van der Waals surface area contributed by atoms with Crippen LogP contribution in [0, 0.1) is 20.8 Å². The van der Waals surface area contributed by atoms with Crippen molar-refractivity contribution in [3.8, 4) is 5.75 Å². The molecule has 24 heavy (non-hydrogen) atoms. The minimum absolute atomic E-state index is 0.0978. The van der Waals surface area contributed by atoms with Gasteiger partial charge in [0.05, 0.1) is 18.6 Å². The normalized spacial score (nSPS) is 12.6. The van der Waals surface area contributed by atoms with E-state index in [9.17, 15) is 9.59 Å². The topological polar surface area (TPSA) is 63.6 Å². The fraction of sp³-hybridized carbons (Fsp3) is 0.300. The van der Waals surface area contributed by atoms with Crippen LogP contribution in [0.5, 0.6) is 5.75 Å². The monoisotopic (exact) mass is 324 g/mol. The second kappa shape index (κ2) is 6.11. The summed E-state index contributed by atoms with van der Waals surface area (Å²) in [6.45, 7) is 6.38. The van der Waals surface area contributed by atoms with Crippen LogP contribution in [0.15, 0.2) is 24.3 Å². The van der Waals surface area contributed by atoms with Gasteiger partial charge >= 0.3 is 5.97 Å². The molecule has 4 nitrogen and oxygen atoms in total. The molecule has 1 heterocycles. The Morgan fingerprint density at radius 2 is 1.75 bits per heavy atom. The van der Waals surface area contributed by atoms with Crippen LogP contribution in [0.1, 0.15) is 43.7 Å². The molecule has 2 aromatic carbocycles. The van der Waals surface area contributed by atoms with Crippen LogP contribution in [-0.4, -0.2) is 23.5 Å². The van der Waals surface area contributed by atoms with Crippen LogP contribution in [0.25, 0.3) is 0 Å². The third kappa shape index (κ3) is 2.92. The highest BCUT2D eigenvalue weighted by atomic mass is 16.5. The highest BCUT2D eigenvalue weighted by Gasteiger charge is 2.25. The van der Waals surface area contributed by atoms with Gasteiger partial charge in [-0.15, -0.1) is 0 Å². The van der Waals surface area contributed by atoms with Gasteiger partial charge < -0.3 is 9.84 Å². The molecule has 1 N–H and O–H groups in total. The Morgan fingerprint density at radius 3 is 2.38 bits per heavy atom. The van der Waals surface area contributed by atoms with E-state index in [1.807, 2.05) is 39.0 Å². The summed E-state index contributed by atoms with van der Waals surface area (Å²) in [5.74, 6) is -0.404. The molecule has 0 unspecified atom stereocenters. The molecule has 0 bridgehead atoms. The first-order chi connectivity index (χ1) is 11.4. The average molecular weight is 324 g/mol. The fourth-order valence-corrected chi connectivity index (χ4v) is 3.49. The third-order valence-electron chi connectivity index (χ3n) is 4.35. The lowest BCUT2D eigenvalue weighted by atomic mass is 9.90. The van der Waals surface area contributed by atoms with Gasteiger partial charge in [-0.25, -0.2) is 0 Å². The minimum atomic E-state index is -0.907. The Balaban J connectivity index is 2.14. The van der Waals surface area contributed by atoms with Crippen molar-refractivity contribution in [1.82, 2.24) is 0 Å². The molecule has 0 amide bonds. The first-order valence-corrected chi connectivity index (χ1v) is 7.99. The van der Waals surface area contributed by atoms with Crippen LogP contribution in [0.4, 0.5) is 0 Å². The average Bonchev–Trinajstić information content (AvgIpc) is 2.92. The third-order valence-corrected chi connectivity index (χ3v) is 4.35. The molecule has 0 fully saturated rings. The number of hydrogen-bond acceptors (Lipinski definition) is 3. The molecule has 0 radical (unpaired) electrons. The molecule has 0 saturated heterocycles. The van der Waals surface area contributed by atoms with E-state index in [0.717, 1.165) is 22.3 Å². The second-order valence-corrected chi connectivity index (χ2v) is 6.40. The molecule has 0 spiro atoms. The van der Waals surface area contributed by atoms with Crippen molar-refractivity contribution in [1.29, 1.82) is 0 Å². The zero-order valence-electron chi connectivity index (χ0n) is 14.1. The molecule has 0 saturated carbocycles. The number of carbonyl (C=O) groups excluding carboxylic acids is 1. The quantitative estimate of drug-likeness (QED) is 0.876. The second-order valence-electron chi connectivity index (χ2n) is 6.40. The van der Waals surface area contributed by atoms with Gasteiger partial charge in [0.15, 0.2) is 5.78 Å². The van der Waals surface area contributed by atoms with Crippen molar-refractivity contribution < 1.29 is 19.4 Å².